The zero-order valence-corrected chi connectivity index (χ0v) is 24.1. The highest BCUT2D eigenvalue weighted by Crippen LogP contribution is 2.37. The number of ether oxygens (including phenoxy) is 1. The van der Waals surface area contributed by atoms with Crippen LogP contribution in [0.1, 0.15) is 37.9 Å². The van der Waals surface area contributed by atoms with Crippen molar-refractivity contribution in [1.82, 2.24) is 24.6 Å². The molecule has 2 aliphatic heterocycles. The van der Waals surface area contributed by atoms with Crippen molar-refractivity contribution in [3.05, 3.63) is 102 Å². The van der Waals surface area contributed by atoms with Crippen LogP contribution in [0.3, 0.4) is 0 Å². The van der Waals surface area contributed by atoms with Gasteiger partial charge in [-0.2, -0.15) is 5.10 Å². The fourth-order valence-corrected chi connectivity index (χ4v) is 5.49. The highest BCUT2D eigenvalue weighted by atomic mass is 16.5. The van der Waals surface area contributed by atoms with Crippen molar-refractivity contribution in [1.29, 1.82) is 0 Å². The van der Waals surface area contributed by atoms with Gasteiger partial charge in [0, 0.05) is 37.1 Å². The van der Waals surface area contributed by atoms with Gasteiger partial charge >= 0.3 is 0 Å². The van der Waals surface area contributed by atoms with Crippen LogP contribution in [0.2, 0.25) is 0 Å². The monoisotopic (exact) mass is 548 g/mol. The van der Waals surface area contributed by atoms with E-state index < -0.39 is 5.60 Å². The van der Waals surface area contributed by atoms with Crippen LogP contribution in [-0.2, 0) is 11.3 Å². The van der Waals surface area contributed by atoms with E-state index >= 15 is 0 Å². The van der Waals surface area contributed by atoms with Crippen molar-refractivity contribution >= 4 is 22.3 Å². The number of anilines is 1. The number of aromatic nitrogens is 4. The minimum Gasteiger partial charge on any atom is -0.389 e. The Hall–Kier alpha value is -4.27. The molecule has 1 unspecified atom stereocenters. The van der Waals surface area contributed by atoms with Crippen LogP contribution in [-0.4, -0.2) is 62.2 Å². The predicted molar refractivity (Wildman–Crippen MR) is 163 cm³/mol. The Balaban J connectivity index is 1.50. The molecular formula is C33H36N6O2. The number of morpholine rings is 1. The van der Waals surface area contributed by atoms with Crippen LogP contribution in [0.5, 0.6) is 0 Å². The lowest BCUT2D eigenvalue weighted by atomic mass is 9.98. The van der Waals surface area contributed by atoms with Crippen molar-refractivity contribution < 1.29 is 9.84 Å². The third-order valence-corrected chi connectivity index (χ3v) is 7.62. The second-order valence-corrected chi connectivity index (χ2v) is 11.5. The number of hydrogen-bond acceptors (Lipinski definition) is 7. The Kier molecular flexibility index (Phi) is 6.97. The third kappa shape index (κ3) is 5.53. The fraction of sp³-hybridized carbons (Fsp3) is 0.303. The molecule has 6 rings (SSSR count). The highest BCUT2D eigenvalue weighted by Gasteiger charge is 2.28. The van der Waals surface area contributed by atoms with Crippen LogP contribution >= 0.6 is 0 Å². The molecule has 2 aromatic heterocycles. The molecule has 0 radical (unpaired) electrons. The molecule has 0 aliphatic carbocycles. The summed E-state index contributed by atoms with van der Waals surface area (Å²) in [5, 5.41) is 15.8. The van der Waals surface area contributed by atoms with Gasteiger partial charge in [-0.3, -0.25) is 4.68 Å². The van der Waals surface area contributed by atoms with Gasteiger partial charge in [0.1, 0.15) is 5.82 Å². The van der Waals surface area contributed by atoms with Crippen molar-refractivity contribution in [2.45, 2.75) is 39.0 Å². The number of likely N-dealkylation sites (N-methyl/N-ethyl adjacent to an activating group) is 1. The van der Waals surface area contributed by atoms with Gasteiger partial charge in [-0.1, -0.05) is 43.0 Å². The Labute approximate surface area is 240 Å². The van der Waals surface area contributed by atoms with Crippen molar-refractivity contribution in [2.75, 3.05) is 31.7 Å². The summed E-state index contributed by atoms with van der Waals surface area (Å²) < 4.78 is 7.70. The van der Waals surface area contributed by atoms with Crippen LogP contribution in [0, 0.1) is 0 Å². The number of hydrogen-bond donors (Lipinski definition) is 1. The molecule has 0 saturated carbocycles. The van der Waals surface area contributed by atoms with E-state index in [0.29, 0.717) is 32.1 Å². The van der Waals surface area contributed by atoms with Crippen molar-refractivity contribution in [3.8, 4) is 11.4 Å². The van der Waals surface area contributed by atoms with Gasteiger partial charge in [0.15, 0.2) is 5.82 Å². The molecular weight excluding hydrogens is 512 g/mol. The molecule has 1 N–H and O–H groups in total. The normalized spacial score (nSPS) is 18.1. The first-order valence-electron chi connectivity index (χ1n) is 14.0. The van der Waals surface area contributed by atoms with Crippen molar-refractivity contribution in [2.24, 2.45) is 0 Å². The first-order chi connectivity index (χ1) is 19.7. The second kappa shape index (κ2) is 10.6. The van der Waals surface area contributed by atoms with Gasteiger partial charge in [-0.05, 0) is 61.3 Å². The van der Waals surface area contributed by atoms with Gasteiger partial charge in [-0.25, -0.2) is 9.97 Å². The largest absolute Gasteiger partial charge is 0.389 e. The maximum atomic E-state index is 10.3. The topological polar surface area (TPSA) is 79.5 Å². The van der Waals surface area contributed by atoms with Gasteiger partial charge in [0.05, 0.1) is 48.7 Å². The molecule has 8 heteroatoms. The molecule has 0 amide bonds. The lowest BCUT2D eigenvalue weighted by Crippen LogP contribution is -2.40. The van der Waals surface area contributed by atoms with E-state index in [4.69, 9.17) is 14.7 Å². The SMILES string of the molecule is C=C1C(C)=CC(c2ccc3nc(-c4cnn(CC(C)(C)O)c4)nc(N4CCOCC4c4ccccc4)c3c2)=CN1C. The van der Waals surface area contributed by atoms with Gasteiger partial charge in [0.25, 0.3) is 0 Å². The lowest BCUT2D eigenvalue weighted by molar-refractivity contribution is 0.0577. The number of benzene rings is 2. The average molecular weight is 549 g/mol. The minimum atomic E-state index is -0.882. The summed E-state index contributed by atoms with van der Waals surface area (Å²) in [7, 11) is 2.02. The summed E-state index contributed by atoms with van der Waals surface area (Å²) in [6.45, 7) is 12.1. The first kappa shape index (κ1) is 26.9. The second-order valence-electron chi connectivity index (χ2n) is 11.5. The molecule has 4 heterocycles. The maximum absolute atomic E-state index is 10.3. The zero-order chi connectivity index (χ0) is 28.7. The van der Waals surface area contributed by atoms with E-state index in [0.717, 1.165) is 44.7 Å². The zero-order valence-electron chi connectivity index (χ0n) is 24.1. The third-order valence-electron chi connectivity index (χ3n) is 7.62. The van der Waals surface area contributed by atoms with E-state index in [-0.39, 0.29) is 6.04 Å². The maximum Gasteiger partial charge on any atom is 0.165 e. The average Bonchev–Trinajstić information content (AvgIpc) is 3.42. The summed E-state index contributed by atoms with van der Waals surface area (Å²) in [6, 6.07) is 16.9. The highest BCUT2D eigenvalue weighted by molar-refractivity contribution is 5.94. The van der Waals surface area contributed by atoms with Gasteiger partial charge < -0.3 is 19.6 Å². The number of allylic oxidation sites excluding steroid dienone is 3. The molecule has 4 aromatic rings. The Morgan fingerprint density at radius 2 is 1.90 bits per heavy atom. The number of aliphatic hydroxyl groups is 1. The van der Waals surface area contributed by atoms with Crippen LogP contribution < -0.4 is 4.90 Å². The fourth-order valence-electron chi connectivity index (χ4n) is 5.49. The summed E-state index contributed by atoms with van der Waals surface area (Å²) in [5.41, 5.74) is 6.30. The van der Waals surface area contributed by atoms with E-state index in [2.05, 4.69) is 83.1 Å². The summed E-state index contributed by atoms with van der Waals surface area (Å²) >= 11 is 0. The Morgan fingerprint density at radius 1 is 1.10 bits per heavy atom. The predicted octanol–water partition coefficient (Wildman–Crippen LogP) is 5.59. The molecule has 0 bridgehead atoms. The molecule has 0 spiro atoms. The lowest BCUT2D eigenvalue weighted by Gasteiger charge is -2.37. The molecule has 1 fully saturated rings. The molecule has 1 atom stereocenters. The van der Waals surface area contributed by atoms with Gasteiger partial charge in [0.2, 0.25) is 0 Å². The number of fused-ring (bicyclic) bond motifs is 1. The summed E-state index contributed by atoms with van der Waals surface area (Å²) in [6.07, 6.45) is 7.96. The molecule has 2 aromatic carbocycles. The van der Waals surface area contributed by atoms with E-state index in [1.807, 2.05) is 19.3 Å². The van der Waals surface area contributed by atoms with E-state index in [9.17, 15) is 5.11 Å². The van der Waals surface area contributed by atoms with Crippen LogP contribution in [0.4, 0.5) is 5.82 Å². The standard InChI is InChI=1S/C33H36N6O2/c1-22-15-26(18-37(5)23(22)2)25-11-12-29-28(16-25)32(39-13-14-41-20-30(39)24-9-7-6-8-10-24)36-31(35-29)27-17-34-38(19-27)21-33(3,4)40/h6-12,15-19,30,40H,2,13-14,20-21H2,1,3-5H3. The number of nitrogens with zero attached hydrogens (tertiary/aromatic N) is 6. The Morgan fingerprint density at radius 3 is 2.66 bits per heavy atom. The minimum absolute atomic E-state index is 0.0166. The van der Waals surface area contributed by atoms with Crippen molar-refractivity contribution in [3.63, 3.8) is 0 Å². The Bertz CT molecular complexity index is 1660. The smallest absolute Gasteiger partial charge is 0.165 e. The van der Waals surface area contributed by atoms with E-state index in [1.165, 1.54) is 5.56 Å². The summed E-state index contributed by atoms with van der Waals surface area (Å²) in [4.78, 5) is 14.6. The quantitative estimate of drug-likeness (QED) is 0.337. The van der Waals surface area contributed by atoms with Crippen LogP contribution in [0.15, 0.2) is 91.0 Å². The van der Waals surface area contributed by atoms with Crippen LogP contribution in [0.25, 0.3) is 27.9 Å². The van der Waals surface area contributed by atoms with E-state index in [1.54, 1.807) is 24.7 Å². The molecule has 1 saturated heterocycles. The molecule has 8 nitrogen and oxygen atoms in total. The molecule has 41 heavy (non-hydrogen) atoms. The molecule has 2 aliphatic rings. The molecule has 210 valence electrons. The summed E-state index contributed by atoms with van der Waals surface area (Å²) in [5.74, 6) is 1.47. The first-order valence-corrected chi connectivity index (χ1v) is 14.0. The van der Waals surface area contributed by atoms with Gasteiger partial charge in [-0.15, -0.1) is 0 Å². The number of rotatable bonds is 6.